The highest BCUT2D eigenvalue weighted by molar-refractivity contribution is 5.84. The van der Waals surface area contributed by atoms with Crippen LogP contribution in [-0.2, 0) is 6.54 Å². The molecule has 0 bridgehead atoms. The molecule has 0 saturated carbocycles. The quantitative estimate of drug-likeness (QED) is 0.547. The number of piperidine rings is 1. The molecule has 4 heterocycles. The number of aromatic nitrogens is 2. The minimum atomic E-state index is -0.955. The predicted octanol–water partition coefficient (Wildman–Crippen LogP) is 2.84. The number of β-amino-alcohol motifs (C(OH)–C–C–N with tert-alkyl or cyclic N) is 1. The smallest absolute Gasteiger partial charge is 0.179 e. The molecule has 0 radical (unpaired) electrons. The molecule has 1 saturated heterocycles. The number of hydrogen-bond acceptors (Lipinski definition) is 8. The summed E-state index contributed by atoms with van der Waals surface area (Å²) >= 11 is 0. The highest BCUT2D eigenvalue weighted by Crippen LogP contribution is 2.31. The molecule has 2 aliphatic heterocycles. The molecule has 0 unspecified atom stereocenters. The Bertz CT molecular complexity index is 1150. The van der Waals surface area contributed by atoms with E-state index < -0.39 is 11.9 Å². The summed E-state index contributed by atoms with van der Waals surface area (Å²) in [6.07, 6.45) is 3.81. The second-order valence-corrected chi connectivity index (χ2v) is 8.69. The molecular weight excluding hydrogens is 439 g/mol. The lowest BCUT2D eigenvalue weighted by atomic mass is 10.0. The minimum absolute atomic E-state index is 0.272. The molecule has 1 fully saturated rings. The fourth-order valence-electron chi connectivity index (χ4n) is 4.62. The van der Waals surface area contributed by atoms with Gasteiger partial charge >= 0.3 is 0 Å². The molecule has 180 valence electrons. The van der Waals surface area contributed by atoms with Gasteiger partial charge in [0.05, 0.1) is 36.8 Å². The monoisotopic (exact) mass is 468 g/mol. The van der Waals surface area contributed by atoms with Crippen LogP contribution < -0.4 is 19.5 Å². The van der Waals surface area contributed by atoms with E-state index in [1.807, 2.05) is 6.07 Å². The second-order valence-electron chi connectivity index (χ2n) is 8.69. The highest BCUT2D eigenvalue weighted by Gasteiger charge is 2.24. The number of ether oxygens (including phenoxy) is 3. The van der Waals surface area contributed by atoms with Crippen LogP contribution in [0.5, 0.6) is 17.2 Å². The van der Waals surface area contributed by atoms with Crippen LogP contribution in [-0.4, -0.2) is 66.0 Å². The average molecular weight is 469 g/mol. The van der Waals surface area contributed by atoms with Gasteiger partial charge in [0.1, 0.15) is 24.8 Å². The lowest BCUT2D eigenvalue weighted by Gasteiger charge is -2.33. The van der Waals surface area contributed by atoms with Gasteiger partial charge < -0.3 is 29.5 Å². The molecule has 2 N–H and O–H groups in total. The maximum atomic E-state index is 14.7. The Labute approximate surface area is 197 Å². The van der Waals surface area contributed by atoms with Crippen LogP contribution in [0.1, 0.15) is 30.2 Å². The Morgan fingerprint density at radius 3 is 2.74 bits per heavy atom. The number of halogens is 1. The summed E-state index contributed by atoms with van der Waals surface area (Å²) in [5.74, 6) is 1.54. The van der Waals surface area contributed by atoms with Crippen LogP contribution in [0.25, 0.3) is 10.9 Å². The van der Waals surface area contributed by atoms with Crippen LogP contribution >= 0.6 is 0 Å². The number of rotatable bonds is 7. The molecule has 0 amide bonds. The van der Waals surface area contributed by atoms with E-state index >= 15 is 0 Å². The van der Waals surface area contributed by atoms with Gasteiger partial charge in [0.25, 0.3) is 0 Å². The molecular formula is C25H29FN4O4. The van der Waals surface area contributed by atoms with Gasteiger partial charge in [-0.15, -0.1) is 0 Å². The number of fused-ring (bicyclic) bond motifs is 2. The van der Waals surface area contributed by atoms with Crippen molar-refractivity contribution < 1.29 is 23.7 Å². The predicted molar refractivity (Wildman–Crippen MR) is 125 cm³/mol. The van der Waals surface area contributed by atoms with E-state index in [0.29, 0.717) is 54.7 Å². The summed E-state index contributed by atoms with van der Waals surface area (Å²) in [5, 5.41) is 15.1. The summed E-state index contributed by atoms with van der Waals surface area (Å²) in [6, 6.07) is 7.56. The molecule has 2 aliphatic rings. The van der Waals surface area contributed by atoms with Crippen LogP contribution in [0.15, 0.2) is 36.7 Å². The molecule has 3 aromatic rings. The molecule has 0 aliphatic carbocycles. The summed E-state index contributed by atoms with van der Waals surface area (Å²) in [7, 11) is 1.56. The summed E-state index contributed by atoms with van der Waals surface area (Å²) in [4.78, 5) is 10.8. The van der Waals surface area contributed by atoms with Gasteiger partial charge in [-0.2, -0.15) is 0 Å². The Balaban J connectivity index is 1.16. The van der Waals surface area contributed by atoms with Crippen molar-refractivity contribution in [2.75, 3.05) is 40.0 Å². The SMILES string of the molecule is COc1ccc2ncc(F)c([C@H](O)CN3CCC(NCc4cc5c(cn4)OCCO5)CC3)c2c1. The number of nitrogens with one attached hydrogen (secondary N) is 1. The Morgan fingerprint density at radius 2 is 1.94 bits per heavy atom. The Hall–Kier alpha value is -3.01. The van der Waals surface area contributed by atoms with E-state index in [1.54, 1.807) is 31.5 Å². The Kier molecular flexibility index (Phi) is 6.75. The molecule has 1 aromatic carbocycles. The number of nitrogens with zero attached hydrogens (tertiary/aromatic N) is 3. The summed E-state index contributed by atoms with van der Waals surface area (Å²) in [5.41, 5.74) is 1.82. The molecule has 34 heavy (non-hydrogen) atoms. The van der Waals surface area contributed by atoms with E-state index in [-0.39, 0.29) is 5.56 Å². The molecule has 9 heteroatoms. The van der Waals surface area contributed by atoms with Gasteiger partial charge in [-0.25, -0.2) is 4.39 Å². The fraction of sp³-hybridized carbons (Fsp3) is 0.440. The molecule has 2 aromatic heterocycles. The normalized spacial score (nSPS) is 17.6. The van der Waals surface area contributed by atoms with Gasteiger partial charge in [0, 0.05) is 36.1 Å². The Morgan fingerprint density at radius 1 is 1.15 bits per heavy atom. The van der Waals surface area contributed by atoms with Crippen molar-refractivity contribution >= 4 is 10.9 Å². The average Bonchev–Trinajstić information content (AvgIpc) is 2.87. The first-order valence-corrected chi connectivity index (χ1v) is 11.6. The van der Waals surface area contributed by atoms with Crippen molar-refractivity contribution in [3.8, 4) is 17.2 Å². The largest absolute Gasteiger partial charge is 0.497 e. The van der Waals surface area contributed by atoms with Gasteiger partial charge in [-0.05, 0) is 44.1 Å². The maximum absolute atomic E-state index is 14.7. The van der Waals surface area contributed by atoms with Crippen molar-refractivity contribution in [2.45, 2.75) is 31.5 Å². The third-order valence-corrected chi connectivity index (χ3v) is 6.48. The lowest BCUT2D eigenvalue weighted by molar-refractivity contribution is 0.0925. The van der Waals surface area contributed by atoms with Crippen molar-refractivity contribution in [1.82, 2.24) is 20.2 Å². The number of pyridine rings is 2. The number of aliphatic hydroxyl groups is 1. The third-order valence-electron chi connectivity index (χ3n) is 6.48. The standard InChI is InChI=1S/C25H29FN4O4/c1-32-18-2-3-21-19(11-18)25(20(26)13-29-21)22(31)15-30-6-4-16(5-7-30)27-12-17-10-23-24(14-28-17)34-9-8-33-23/h2-3,10-11,13-14,16,22,27,31H,4-9,12,15H2,1H3/t22-/m1/s1. The number of likely N-dealkylation sites (tertiary alicyclic amines) is 1. The van der Waals surface area contributed by atoms with E-state index in [2.05, 4.69) is 20.2 Å². The minimum Gasteiger partial charge on any atom is -0.497 e. The molecule has 0 spiro atoms. The van der Waals surface area contributed by atoms with Gasteiger partial charge in [-0.1, -0.05) is 0 Å². The van der Waals surface area contributed by atoms with Crippen LogP contribution in [0.2, 0.25) is 0 Å². The highest BCUT2D eigenvalue weighted by atomic mass is 19.1. The van der Waals surface area contributed by atoms with E-state index in [4.69, 9.17) is 14.2 Å². The van der Waals surface area contributed by atoms with Crippen molar-refractivity contribution in [1.29, 1.82) is 0 Å². The van der Waals surface area contributed by atoms with E-state index in [0.717, 1.165) is 37.4 Å². The lowest BCUT2D eigenvalue weighted by Crippen LogP contribution is -2.43. The molecule has 5 rings (SSSR count). The summed E-state index contributed by atoms with van der Waals surface area (Å²) < 4.78 is 31.1. The van der Waals surface area contributed by atoms with Gasteiger partial charge in [-0.3, -0.25) is 9.97 Å². The van der Waals surface area contributed by atoms with E-state index in [1.165, 1.54) is 6.20 Å². The number of hydrogen-bond donors (Lipinski definition) is 2. The fourth-order valence-corrected chi connectivity index (χ4v) is 4.62. The van der Waals surface area contributed by atoms with Crippen molar-refractivity contribution in [3.63, 3.8) is 0 Å². The first-order valence-electron chi connectivity index (χ1n) is 11.6. The topological polar surface area (TPSA) is 89.0 Å². The van der Waals surface area contributed by atoms with Crippen molar-refractivity contribution in [3.05, 3.63) is 53.7 Å². The zero-order chi connectivity index (χ0) is 23.5. The van der Waals surface area contributed by atoms with Crippen molar-refractivity contribution in [2.24, 2.45) is 0 Å². The first kappa shape index (κ1) is 22.8. The number of aliphatic hydroxyl groups excluding tert-OH is 1. The first-order chi connectivity index (χ1) is 16.6. The zero-order valence-electron chi connectivity index (χ0n) is 19.2. The van der Waals surface area contributed by atoms with Crippen LogP contribution in [0.4, 0.5) is 4.39 Å². The van der Waals surface area contributed by atoms with Crippen LogP contribution in [0.3, 0.4) is 0 Å². The summed E-state index contributed by atoms with van der Waals surface area (Å²) in [6.45, 7) is 3.76. The van der Waals surface area contributed by atoms with E-state index in [9.17, 15) is 9.50 Å². The third kappa shape index (κ3) is 4.91. The number of benzene rings is 1. The maximum Gasteiger partial charge on any atom is 0.179 e. The van der Waals surface area contributed by atoms with Gasteiger partial charge in [0.15, 0.2) is 11.5 Å². The van der Waals surface area contributed by atoms with Gasteiger partial charge in [0.2, 0.25) is 0 Å². The number of methoxy groups -OCH3 is 1. The molecule has 8 nitrogen and oxygen atoms in total. The van der Waals surface area contributed by atoms with Crippen LogP contribution in [0, 0.1) is 5.82 Å². The zero-order valence-corrected chi connectivity index (χ0v) is 19.2. The second kappa shape index (κ2) is 10.1. The molecule has 1 atom stereocenters.